The summed E-state index contributed by atoms with van der Waals surface area (Å²) in [6.45, 7) is 3.53. The highest BCUT2D eigenvalue weighted by molar-refractivity contribution is 5.57. The Morgan fingerprint density at radius 3 is 2.38 bits per heavy atom. The first kappa shape index (κ1) is 23.5. The predicted molar refractivity (Wildman–Crippen MR) is 133 cm³/mol. The molecule has 1 atom stereocenters. The van der Waals surface area contributed by atoms with E-state index in [1.807, 2.05) is 71.5 Å². The molecule has 0 radical (unpaired) electrons. The van der Waals surface area contributed by atoms with E-state index in [2.05, 4.69) is 35.4 Å². The summed E-state index contributed by atoms with van der Waals surface area (Å²) >= 11 is 0. The molecule has 0 N–H and O–H groups in total. The highest BCUT2D eigenvalue weighted by atomic mass is 16.5. The largest absolute Gasteiger partial charge is 0.493 e. The Kier molecular flexibility index (Phi) is 8.30. The first-order valence-corrected chi connectivity index (χ1v) is 11.7. The number of hydrogen-bond acceptors (Lipinski definition) is 5. The van der Waals surface area contributed by atoms with E-state index in [0.717, 1.165) is 35.4 Å². The van der Waals surface area contributed by atoms with Gasteiger partial charge < -0.3 is 14.2 Å². The van der Waals surface area contributed by atoms with Crippen molar-refractivity contribution in [3.63, 3.8) is 0 Å². The van der Waals surface area contributed by atoms with Crippen molar-refractivity contribution in [3.05, 3.63) is 96.2 Å². The van der Waals surface area contributed by atoms with Crippen LogP contribution in [0.5, 0.6) is 11.5 Å². The van der Waals surface area contributed by atoms with Crippen molar-refractivity contribution in [2.75, 3.05) is 13.7 Å². The summed E-state index contributed by atoms with van der Waals surface area (Å²) in [5, 5.41) is 8.64. The maximum absolute atomic E-state index is 6.25. The maximum Gasteiger partial charge on any atom is 0.161 e. The van der Waals surface area contributed by atoms with Crippen LogP contribution in [-0.2, 0) is 24.3 Å². The molecule has 0 aliphatic heterocycles. The summed E-state index contributed by atoms with van der Waals surface area (Å²) in [6, 6.07) is 26.2. The molecule has 1 aromatic heterocycles. The number of benzene rings is 3. The summed E-state index contributed by atoms with van der Waals surface area (Å²) in [5.41, 5.74) is 4.21. The minimum absolute atomic E-state index is 0.231. The lowest BCUT2D eigenvalue weighted by Crippen LogP contribution is -2.27. The molecule has 3 aromatic carbocycles. The maximum atomic E-state index is 6.25. The molecule has 34 heavy (non-hydrogen) atoms. The standard InChI is InChI=1S/C28H31N3O3/c1-3-10-22-15-16-27(28(17-22)32-2)34-21-25(33-20-23-11-6-4-7-12-23)18-31-19-26(29-30-31)24-13-8-5-9-14-24/h4-9,11-17,19,25H,3,10,18,20-21H2,1-2H3. The van der Waals surface area contributed by atoms with Gasteiger partial charge in [0.25, 0.3) is 0 Å². The summed E-state index contributed by atoms with van der Waals surface area (Å²) in [6.07, 6.45) is 3.80. The molecule has 0 aliphatic rings. The molecule has 4 aromatic rings. The zero-order valence-corrected chi connectivity index (χ0v) is 19.8. The molecule has 176 valence electrons. The number of nitrogens with zero attached hydrogens (tertiary/aromatic N) is 3. The van der Waals surface area contributed by atoms with E-state index in [-0.39, 0.29) is 6.10 Å². The van der Waals surface area contributed by atoms with Crippen molar-refractivity contribution < 1.29 is 14.2 Å². The van der Waals surface area contributed by atoms with Gasteiger partial charge in [-0.3, -0.25) is 0 Å². The van der Waals surface area contributed by atoms with Crippen LogP contribution in [-0.4, -0.2) is 34.8 Å². The van der Waals surface area contributed by atoms with Crippen molar-refractivity contribution in [2.45, 2.75) is 39.0 Å². The molecule has 0 bridgehead atoms. The van der Waals surface area contributed by atoms with Crippen LogP contribution in [0.4, 0.5) is 0 Å². The zero-order chi connectivity index (χ0) is 23.6. The van der Waals surface area contributed by atoms with Crippen LogP contribution in [0.2, 0.25) is 0 Å². The van der Waals surface area contributed by atoms with Gasteiger partial charge in [0, 0.05) is 5.56 Å². The lowest BCUT2D eigenvalue weighted by Gasteiger charge is -2.20. The average molecular weight is 458 g/mol. The molecule has 0 spiro atoms. The number of hydrogen-bond donors (Lipinski definition) is 0. The molecule has 0 amide bonds. The van der Waals surface area contributed by atoms with Gasteiger partial charge in [0.15, 0.2) is 11.5 Å². The van der Waals surface area contributed by atoms with Gasteiger partial charge in [-0.2, -0.15) is 0 Å². The van der Waals surface area contributed by atoms with Gasteiger partial charge in [-0.25, -0.2) is 4.68 Å². The lowest BCUT2D eigenvalue weighted by molar-refractivity contribution is -0.00321. The minimum Gasteiger partial charge on any atom is -0.493 e. The fourth-order valence-corrected chi connectivity index (χ4v) is 3.74. The van der Waals surface area contributed by atoms with Crippen LogP contribution in [0.15, 0.2) is 85.1 Å². The molecule has 1 unspecified atom stereocenters. The molecule has 0 aliphatic carbocycles. The van der Waals surface area contributed by atoms with E-state index in [1.165, 1.54) is 5.56 Å². The second kappa shape index (κ2) is 12.0. The van der Waals surface area contributed by atoms with Crippen LogP contribution in [0.25, 0.3) is 11.3 Å². The number of aromatic nitrogens is 3. The third-order valence-electron chi connectivity index (χ3n) is 5.52. The third kappa shape index (κ3) is 6.45. The SMILES string of the molecule is CCCc1ccc(OCC(Cn2cc(-c3ccccc3)nn2)OCc2ccccc2)c(OC)c1. The Labute approximate surface area is 201 Å². The van der Waals surface area contributed by atoms with Crippen LogP contribution < -0.4 is 9.47 Å². The van der Waals surface area contributed by atoms with Crippen LogP contribution in [0, 0.1) is 0 Å². The number of rotatable bonds is 12. The number of ether oxygens (including phenoxy) is 3. The van der Waals surface area contributed by atoms with Crippen molar-refractivity contribution >= 4 is 0 Å². The monoisotopic (exact) mass is 457 g/mol. The fraction of sp³-hybridized carbons (Fsp3) is 0.286. The molecule has 0 saturated carbocycles. The molecule has 4 rings (SSSR count). The van der Waals surface area contributed by atoms with Gasteiger partial charge in [0.2, 0.25) is 0 Å². The first-order valence-electron chi connectivity index (χ1n) is 11.7. The Morgan fingerprint density at radius 1 is 0.882 bits per heavy atom. The third-order valence-corrected chi connectivity index (χ3v) is 5.52. The van der Waals surface area contributed by atoms with Gasteiger partial charge in [-0.1, -0.05) is 85.3 Å². The van der Waals surface area contributed by atoms with Gasteiger partial charge in [0.1, 0.15) is 18.4 Å². The van der Waals surface area contributed by atoms with Crippen molar-refractivity contribution in [1.29, 1.82) is 0 Å². The van der Waals surface area contributed by atoms with E-state index in [1.54, 1.807) is 7.11 Å². The fourth-order valence-electron chi connectivity index (χ4n) is 3.74. The molecule has 1 heterocycles. The van der Waals surface area contributed by atoms with Crippen molar-refractivity contribution in [1.82, 2.24) is 15.0 Å². The second-order valence-electron chi connectivity index (χ2n) is 8.16. The van der Waals surface area contributed by atoms with Crippen LogP contribution in [0.1, 0.15) is 24.5 Å². The van der Waals surface area contributed by atoms with Gasteiger partial charge in [0.05, 0.1) is 26.5 Å². The van der Waals surface area contributed by atoms with Crippen LogP contribution >= 0.6 is 0 Å². The first-order chi connectivity index (χ1) is 16.7. The summed E-state index contributed by atoms with van der Waals surface area (Å²) in [7, 11) is 1.67. The summed E-state index contributed by atoms with van der Waals surface area (Å²) in [5.74, 6) is 1.44. The predicted octanol–water partition coefficient (Wildman–Crippen LogP) is 5.57. The van der Waals surface area contributed by atoms with Gasteiger partial charge >= 0.3 is 0 Å². The Hall–Kier alpha value is -3.64. The van der Waals surface area contributed by atoms with Crippen molar-refractivity contribution in [2.24, 2.45) is 0 Å². The highest BCUT2D eigenvalue weighted by Crippen LogP contribution is 2.29. The van der Waals surface area contributed by atoms with Crippen LogP contribution in [0.3, 0.4) is 0 Å². The Balaban J connectivity index is 1.46. The lowest BCUT2D eigenvalue weighted by atomic mass is 10.1. The molecular weight excluding hydrogens is 426 g/mol. The average Bonchev–Trinajstić information content (AvgIpc) is 3.36. The van der Waals surface area contributed by atoms with Gasteiger partial charge in [-0.15, -0.1) is 5.10 Å². The Bertz CT molecular complexity index is 1150. The number of aryl methyl sites for hydroxylation is 1. The molecule has 6 heteroatoms. The molecular formula is C28H31N3O3. The van der Waals surface area contributed by atoms with E-state index < -0.39 is 0 Å². The molecule has 0 saturated heterocycles. The Morgan fingerprint density at radius 2 is 1.65 bits per heavy atom. The van der Waals surface area contributed by atoms with E-state index in [9.17, 15) is 0 Å². The minimum atomic E-state index is -0.231. The normalized spacial score (nSPS) is 11.8. The smallest absolute Gasteiger partial charge is 0.161 e. The highest BCUT2D eigenvalue weighted by Gasteiger charge is 2.16. The van der Waals surface area contributed by atoms with Crippen molar-refractivity contribution in [3.8, 4) is 22.8 Å². The van der Waals surface area contributed by atoms with E-state index in [0.29, 0.717) is 25.5 Å². The van der Waals surface area contributed by atoms with E-state index >= 15 is 0 Å². The molecule has 0 fully saturated rings. The second-order valence-corrected chi connectivity index (χ2v) is 8.16. The zero-order valence-electron chi connectivity index (χ0n) is 19.8. The summed E-state index contributed by atoms with van der Waals surface area (Å²) < 4.78 is 19.8. The number of methoxy groups -OCH3 is 1. The summed E-state index contributed by atoms with van der Waals surface area (Å²) in [4.78, 5) is 0. The molecule has 6 nitrogen and oxygen atoms in total. The van der Waals surface area contributed by atoms with Gasteiger partial charge in [-0.05, 0) is 29.7 Å². The van der Waals surface area contributed by atoms with E-state index in [4.69, 9.17) is 14.2 Å². The quantitative estimate of drug-likeness (QED) is 0.278. The topological polar surface area (TPSA) is 58.4 Å².